The topological polar surface area (TPSA) is 109 Å². The number of halogens is 1. The molecule has 2 aliphatic heterocycles. The number of carbonyl (C=O) groups excluding carboxylic acids is 2. The third kappa shape index (κ3) is 7.94. The Labute approximate surface area is 201 Å². The van der Waals surface area contributed by atoms with Gasteiger partial charge in [0.15, 0.2) is 0 Å². The van der Waals surface area contributed by atoms with Crippen LogP contribution in [0.1, 0.15) is 38.7 Å². The number of hydrogen-bond donors (Lipinski definition) is 3. The Morgan fingerprint density at radius 3 is 2.58 bits per heavy atom. The summed E-state index contributed by atoms with van der Waals surface area (Å²) in [5.41, 5.74) is 1.55. The Hall–Kier alpha value is -2.23. The van der Waals surface area contributed by atoms with Crippen molar-refractivity contribution in [2.75, 3.05) is 45.3 Å². The molecule has 3 rings (SSSR count). The van der Waals surface area contributed by atoms with Crippen LogP contribution in [0.4, 0.5) is 10.5 Å². The summed E-state index contributed by atoms with van der Waals surface area (Å²) in [6.07, 6.45) is 1.60. The molecule has 0 bridgehead atoms. The number of carbonyl (C=O) groups is 2. The second kappa shape index (κ2) is 12.9. The van der Waals surface area contributed by atoms with Gasteiger partial charge in [0.1, 0.15) is 24.2 Å². The van der Waals surface area contributed by atoms with Crippen molar-refractivity contribution >= 4 is 30.1 Å². The molecule has 2 amide bonds. The highest BCUT2D eigenvalue weighted by molar-refractivity contribution is 5.96. The van der Waals surface area contributed by atoms with E-state index in [9.17, 15) is 14.7 Å². The van der Waals surface area contributed by atoms with E-state index in [0.29, 0.717) is 49.1 Å². The second-order valence-electron chi connectivity index (χ2n) is 8.84. The predicted octanol–water partition coefficient (Wildman–Crippen LogP) is 2.59. The summed E-state index contributed by atoms with van der Waals surface area (Å²) in [5, 5.41) is 16.3. The Morgan fingerprint density at radius 1 is 1.21 bits per heavy atom. The predicted molar refractivity (Wildman–Crippen MR) is 127 cm³/mol. The minimum absolute atomic E-state index is 0. The van der Waals surface area contributed by atoms with E-state index in [0.717, 1.165) is 31.5 Å². The quantitative estimate of drug-likeness (QED) is 0.493. The average Bonchev–Trinajstić information content (AvgIpc) is 2.77. The van der Waals surface area contributed by atoms with Gasteiger partial charge in [0, 0.05) is 37.7 Å². The van der Waals surface area contributed by atoms with Gasteiger partial charge in [0.2, 0.25) is 5.91 Å². The summed E-state index contributed by atoms with van der Waals surface area (Å²) in [6, 6.07) is 3.67. The zero-order chi connectivity index (χ0) is 23.1. The minimum atomic E-state index is -0.647. The lowest BCUT2D eigenvalue weighted by Crippen LogP contribution is -2.47. The lowest BCUT2D eigenvalue weighted by atomic mass is 10.0. The van der Waals surface area contributed by atoms with Gasteiger partial charge < -0.3 is 34.9 Å². The van der Waals surface area contributed by atoms with Crippen LogP contribution >= 0.6 is 12.4 Å². The van der Waals surface area contributed by atoms with Gasteiger partial charge in [-0.05, 0) is 37.3 Å². The number of β-amino-alcohol motifs (C(OH)–C–C–N with tert-alkyl or cyclic N) is 1. The van der Waals surface area contributed by atoms with Crippen LogP contribution in [0.2, 0.25) is 0 Å². The van der Waals surface area contributed by atoms with Gasteiger partial charge in [-0.15, -0.1) is 12.4 Å². The lowest BCUT2D eigenvalue weighted by molar-refractivity contribution is -0.116. The molecule has 3 N–H and O–H groups in total. The number of rotatable bonds is 9. The average molecular weight is 486 g/mol. The van der Waals surface area contributed by atoms with Crippen molar-refractivity contribution in [3.63, 3.8) is 0 Å². The van der Waals surface area contributed by atoms with Crippen LogP contribution in [0.3, 0.4) is 0 Å². The zero-order valence-corrected chi connectivity index (χ0v) is 20.4. The molecule has 1 aromatic carbocycles. The number of methoxy groups -OCH3 is 1. The molecule has 0 radical (unpaired) electrons. The summed E-state index contributed by atoms with van der Waals surface area (Å²) in [6.45, 7) is 6.66. The van der Waals surface area contributed by atoms with Gasteiger partial charge in [0.25, 0.3) is 0 Å². The number of fused-ring (bicyclic) bond motifs is 1. The van der Waals surface area contributed by atoms with Crippen molar-refractivity contribution in [1.29, 1.82) is 0 Å². The van der Waals surface area contributed by atoms with E-state index in [1.54, 1.807) is 13.2 Å². The second-order valence-corrected chi connectivity index (χ2v) is 8.84. The van der Waals surface area contributed by atoms with Gasteiger partial charge in [-0.2, -0.15) is 0 Å². The molecule has 0 saturated carbocycles. The monoisotopic (exact) mass is 485 g/mol. The molecule has 1 unspecified atom stereocenters. The van der Waals surface area contributed by atoms with E-state index >= 15 is 0 Å². The molecule has 0 aliphatic carbocycles. The molecular formula is C23H36ClN3O6. The molecular weight excluding hydrogens is 450 g/mol. The first-order valence-corrected chi connectivity index (χ1v) is 11.3. The number of aliphatic hydroxyl groups is 1. The maximum absolute atomic E-state index is 11.8. The fourth-order valence-corrected chi connectivity index (χ4v) is 3.99. The molecule has 1 atom stereocenters. The summed E-state index contributed by atoms with van der Waals surface area (Å²) in [7, 11) is 1.56. The first-order valence-electron chi connectivity index (χ1n) is 11.3. The Bertz CT molecular complexity index is 799. The summed E-state index contributed by atoms with van der Waals surface area (Å²) < 4.78 is 16.4. The van der Waals surface area contributed by atoms with Crippen LogP contribution in [-0.2, 0) is 16.0 Å². The maximum atomic E-state index is 11.8. The number of alkyl carbamates (subject to hydrolysis) is 1. The molecule has 2 heterocycles. The molecule has 33 heavy (non-hydrogen) atoms. The van der Waals surface area contributed by atoms with Gasteiger partial charge >= 0.3 is 6.09 Å². The molecule has 10 heteroatoms. The standard InChI is InChI=1S/C23H35N3O6.ClH/c1-15(2)13-32-23(29)24-16-8-10-26(11-9-16)12-17(27)14-31-19-5-6-20(30-3)22-18(19)4-7-21(28)25-22;/h5-6,15-17,27H,4,7-14H2,1-3H3,(H,24,29)(H,25,28);1H. The van der Waals surface area contributed by atoms with E-state index in [1.807, 2.05) is 19.9 Å². The van der Waals surface area contributed by atoms with Crippen molar-refractivity contribution < 1.29 is 28.9 Å². The third-order valence-corrected chi connectivity index (χ3v) is 5.68. The molecule has 9 nitrogen and oxygen atoms in total. The van der Waals surface area contributed by atoms with Crippen molar-refractivity contribution in [3.05, 3.63) is 17.7 Å². The number of nitrogens with one attached hydrogen (secondary N) is 2. The van der Waals surface area contributed by atoms with E-state index in [4.69, 9.17) is 14.2 Å². The zero-order valence-electron chi connectivity index (χ0n) is 19.6. The maximum Gasteiger partial charge on any atom is 0.407 e. The van der Waals surface area contributed by atoms with Gasteiger partial charge in [0.05, 0.1) is 19.4 Å². The van der Waals surface area contributed by atoms with Crippen LogP contribution in [-0.4, -0.2) is 74.1 Å². The number of likely N-dealkylation sites (tertiary alicyclic amines) is 1. The van der Waals surface area contributed by atoms with Crippen molar-refractivity contribution in [3.8, 4) is 11.5 Å². The minimum Gasteiger partial charge on any atom is -0.495 e. The number of amides is 2. The first kappa shape index (κ1) is 27.0. The normalized spacial score (nSPS) is 17.4. The number of ether oxygens (including phenoxy) is 3. The van der Waals surface area contributed by atoms with Gasteiger partial charge in [-0.3, -0.25) is 4.79 Å². The van der Waals surface area contributed by atoms with Crippen LogP contribution < -0.4 is 20.1 Å². The molecule has 0 aromatic heterocycles. The SMILES string of the molecule is COc1ccc(OCC(O)CN2CCC(NC(=O)OCC(C)C)CC2)c2c1NC(=O)CC2.Cl. The van der Waals surface area contributed by atoms with Crippen LogP contribution in [0.15, 0.2) is 12.1 Å². The van der Waals surface area contributed by atoms with Gasteiger partial charge in [-0.25, -0.2) is 4.79 Å². The summed E-state index contributed by atoms with van der Waals surface area (Å²) in [4.78, 5) is 25.7. The molecule has 2 aliphatic rings. The molecule has 1 aromatic rings. The Balaban J connectivity index is 0.00000385. The summed E-state index contributed by atoms with van der Waals surface area (Å²) in [5.74, 6) is 1.53. The van der Waals surface area contributed by atoms with Crippen LogP contribution in [0.25, 0.3) is 0 Å². The largest absolute Gasteiger partial charge is 0.495 e. The van der Waals surface area contributed by atoms with E-state index in [-0.39, 0.29) is 37.1 Å². The highest BCUT2D eigenvalue weighted by Gasteiger charge is 2.25. The molecule has 0 spiro atoms. The molecule has 1 fully saturated rings. The number of nitrogens with zero attached hydrogens (tertiary/aromatic N) is 1. The van der Waals surface area contributed by atoms with Crippen LogP contribution in [0.5, 0.6) is 11.5 Å². The van der Waals surface area contributed by atoms with Crippen molar-refractivity contribution in [2.24, 2.45) is 5.92 Å². The van der Waals surface area contributed by atoms with Crippen molar-refractivity contribution in [2.45, 2.75) is 51.7 Å². The van der Waals surface area contributed by atoms with Gasteiger partial charge in [-0.1, -0.05) is 13.8 Å². The number of hydrogen-bond acceptors (Lipinski definition) is 7. The van der Waals surface area contributed by atoms with E-state index < -0.39 is 6.10 Å². The smallest absolute Gasteiger partial charge is 0.407 e. The fraction of sp³-hybridized carbons (Fsp3) is 0.652. The highest BCUT2D eigenvalue weighted by atomic mass is 35.5. The van der Waals surface area contributed by atoms with Crippen LogP contribution in [0, 0.1) is 5.92 Å². The number of piperidine rings is 1. The summed E-state index contributed by atoms with van der Waals surface area (Å²) >= 11 is 0. The molecule has 1 saturated heterocycles. The Morgan fingerprint density at radius 2 is 1.91 bits per heavy atom. The fourth-order valence-electron chi connectivity index (χ4n) is 3.99. The first-order chi connectivity index (χ1) is 15.4. The van der Waals surface area contributed by atoms with E-state index in [2.05, 4.69) is 15.5 Å². The Kier molecular flexibility index (Phi) is 10.5. The number of benzene rings is 1. The highest BCUT2D eigenvalue weighted by Crippen LogP contribution is 2.38. The molecule has 186 valence electrons. The number of anilines is 1. The van der Waals surface area contributed by atoms with E-state index in [1.165, 1.54) is 0 Å². The van der Waals surface area contributed by atoms with Crippen molar-refractivity contribution in [1.82, 2.24) is 10.2 Å². The number of aliphatic hydroxyl groups excluding tert-OH is 1. The lowest BCUT2D eigenvalue weighted by Gasteiger charge is -2.33. The third-order valence-electron chi connectivity index (χ3n) is 5.68.